The third-order valence-corrected chi connectivity index (χ3v) is 5.19. The number of carbonyl (C=O) groups is 1. The van der Waals surface area contributed by atoms with E-state index in [9.17, 15) is 10.1 Å². The zero-order valence-electron chi connectivity index (χ0n) is 11.5. The Morgan fingerprint density at radius 3 is 3.15 bits per heavy atom. The highest BCUT2D eigenvalue weighted by Gasteiger charge is 2.28. The number of nitrogens with one attached hydrogen (secondary N) is 2. The number of nitrogens with zero attached hydrogens (tertiary/aromatic N) is 2. The number of likely N-dealkylation sites (tertiary alicyclic amines) is 1. The maximum Gasteiger partial charge on any atom is 0.229 e. The Hall–Kier alpha value is -1.42. The van der Waals surface area contributed by atoms with Gasteiger partial charge in [0.25, 0.3) is 0 Å². The summed E-state index contributed by atoms with van der Waals surface area (Å²) in [5.41, 5.74) is 1.79. The maximum absolute atomic E-state index is 12.3. The lowest BCUT2D eigenvalue weighted by molar-refractivity contribution is -0.119. The second-order valence-electron chi connectivity index (χ2n) is 5.48. The van der Waals surface area contributed by atoms with Gasteiger partial charge in [-0.3, -0.25) is 4.79 Å². The van der Waals surface area contributed by atoms with Gasteiger partial charge in [0.2, 0.25) is 5.91 Å². The molecular formula is C14H18N4OS. The van der Waals surface area contributed by atoms with Gasteiger partial charge in [0.05, 0.1) is 11.5 Å². The molecule has 0 radical (unpaired) electrons. The van der Waals surface area contributed by atoms with Crippen LogP contribution in [0.4, 0.5) is 5.00 Å². The van der Waals surface area contributed by atoms with Crippen LogP contribution < -0.4 is 10.6 Å². The average molecular weight is 290 g/mol. The maximum atomic E-state index is 12.3. The lowest BCUT2D eigenvalue weighted by atomic mass is 10.0. The molecule has 0 aliphatic carbocycles. The minimum atomic E-state index is 0.0452. The molecule has 1 unspecified atom stereocenters. The number of carbonyl (C=O) groups excluding carboxylic acids is 1. The molecule has 5 nitrogen and oxygen atoms in total. The highest BCUT2D eigenvalue weighted by Crippen LogP contribution is 2.35. The van der Waals surface area contributed by atoms with Crippen LogP contribution in [0.25, 0.3) is 0 Å². The van der Waals surface area contributed by atoms with Crippen LogP contribution in [0.15, 0.2) is 0 Å². The molecule has 1 fully saturated rings. The van der Waals surface area contributed by atoms with E-state index in [-0.39, 0.29) is 11.8 Å². The Morgan fingerprint density at radius 2 is 2.45 bits per heavy atom. The van der Waals surface area contributed by atoms with Crippen molar-refractivity contribution in [2.24, 2.45) is 5.92 Å². The molecule has 6 heteroatoms. The molecule has 2 aliphatic rings. The van der Waals surface area contributed by atoms with Crippen LogP contribution in [0.2, 0.25) is 0 Å². The van der Waals surface area contributed by atoms with E-state index < -0.39 is 0 Å². The topological polar surface area (TPSA) is 68.2 Å². The normalized spacial score (nSPS) is 22.3. The fraction of sp³-hybridized carbons (Fsp3) is 0.571. The van der Waals surface area contributed by atoms with Crippen molar-refractivity contribution in [2.45, 2.75) is 19.4 Å². The predicted octanol–water partition coefficient (Wildman–Crippen LogP) is 1.16. The Morgan fingerprint density at radius 1 is 1.60 bits per heavy atom. The molecule has 0 bridgehead atoms. The zero-order valence-corrected chi connectivity index (χ0v) is 12.3. The van der Waals surface area contributed by atoms with E-state index >= 15 is 0 Å². The van der Waals surface area contributed by atoms with Gasteiger partial charge in [0.1, 0.15) is 11.1 Å². The van der Waals surface area contributed by atoms with Crippen molar-refractivity contribution in [1.82, 2.24) is 10.2 Å². The molecule has 2 N–H and O–H groups in total. The SMILES string of the molecule is CN1CCC(C(=O)Nc2sc3c(c2C#N)CCNC3)C1. The van der Waals surface area contributed by atoms with Crippen molar-refractivity contribution < 1.29 is 4.79 Å². The number of anilines is 1. The van der Waals surface area contributed by atoms with Crippen molar-refractivity contribution in [3.63, 3.8) is 0 Å². The van der Waals surface area contributed by atoms with Crippen LogP contribution in [0.3, 0.4) is 0 Å². The van der Waals surface area contributed by atoms with Crippen LogP contribution >= 0.6 is 11.3 Å². The number of hydrogen-bond donors (Lipinski definition) is 2. The van der Waals surface area contributed by atoms with Gasteiger partial charge in [-0.05, 0) is 38.5 Å². The van der Waals surface area contributed by atoms with Crippen molar-refractivity contribution >= 4 is 22.2 Å². The average Bonchev–Trinajstić information content (AvgIpc) is 3.01. The summed E-state index contributed by atoms with van der Waals surface area (Å²) >= 11 is 1.54. The molecule has 0 spiro atoms. The standard InChI is InChI=1S/C14H18N4OS/c1-18-5-3-9(8-18)13(19)17-14-11(6-15)10-2-4-16-7-12(10)20-14/h9,16H,2-5,7-8H2,1H3,(H,17,19). The van der Waals surface area contributed by atoms with E-state index in [1.54, 1.807) is 11.3 Å². The second kappa shape index (κ2) is 5.52. The van der Waals surface area contributed by atoms with Gasteiger partial charge in [0.15, 0.2) is 0 Å². The minimum Gasteiger partial charge on any atom is -0.316 e. The molecule has 3 rings (SSSR count). The highest BCUT2D eigenvalue weighted by molar-refractivity contribution is 7.16. The van der Waals surface area contributed by atoms with Gasteiger partial charge in [0, 0.05) is 18.0 Å². The fourth-order valence-electron chi connectivity index (χ4n) is 2.90. The minimum absolute atomic E-state index is 0.0452. The van der Waals surface area contributed by atoms with Gasteiger partial charge >= 0.3 is 0 Å². The lowest BCUT2D eigenvalue weighted by Crippen LogP contribution is -2.25. The van der Waals surface area contributed by atoms with Crippen molar-refractivity contribution in [3.05, 3.63) is 16.0 Å². The van der Waals surface area contributed by atoms with Crippen molar-refractivity contribution in [3.8, 4) is 6.07 Å². The Balaban J connectivity index is 1.79. The fourth-order valence-corrected chi connectivity index (χ4v) is 4.07. The summed E-state index contributed by atoms with van der Waals surface area (Å²) in [6.07, 6.45) is 1.77. The van der Waals surface area contributed by atoms with E-state index in [1.807, 2.05) is 7.05 Å². The molecule has 3 heterocycles. The van der Waals surface area contributed by atoms with E-state index in [0.29, 0.717) is 5.56 Å². The molecule has 1 aromatic rings. The van der Waals surface area contributed by atoms with Crippen LogP contribution in [-0.4, -0.2) is 37.5 Å². The molecule has 1 aromatic heterocycles. The zero-order chi connectivity index (χ0) is 14.1. The van der Waals surface area contributed by atoms with E-state index in [4.69, 9.17) is 0 Å². The van der Waals surface area contributed by atoms with E-state index in [0.717, 1.165) is 49.6 Å². The molecule has 106 valence electrons. The lowest BCUT2D eigenvalue weighted by Gasteiger charge is -2.11. The van der Waals surface area contributed by atoms with Crippen LogP contribution in [0.5, 0.6) is 0 Å². The van der Waals surface area contributed by atoms with Gasteiger partial charge < -0.3 is 15.5 Å². The smallest absolute Gasteiger partial charge is 0.229 e. The number of amides is 1. The van der Waals surface area contributed by atoms with Crippen molar-refractivity contribution in [2.75, 3.05) is 32.0 Å². The van der Waals surface area contributed by atoms with Gasteiger partial charge in [-0.25, -0.2) is 0 Å². The summed E-state index contributed by atoms with van der Waals surface area (Å²) in [6.45, 7) is 3.48. The summed E-state index contributed by atoms with van der Waals surface area (Å²) in [5.74, 6) is 0.0983. The van der Waals surface area contributed by atoms with Gasteiger partial charge in [-0.15, -0.1) is 11.3 Å². The Kier molecular flexibility index (Phi) is 3.74. The van der Waals surface area contributed by atoms with E-state index in [2.05, 4.69) is 21.6 Å². The molecule has 2 aliphatic heterocycles. The number of fused-ring (bicyclic) bond motifs is 1. The molecule has 1 atom stereocenters. The third-order valence-electron chi connectivity index (χ3n) is 4.04. The van der Waals surface area contributed by atoms with Crippen LogP contribution in [0.1, 0.15) is 22.4 Å². The predicted molar refractivity (Wildman–Crippen MR) is 78.7 cm³/mol. The van der Waals surface area contributed by atoms with E-state index in [1.165, 1.54) is 4.88 Å². The van der Waals surface area contributed by atoms with Crippen LogP contribution in [0, 0.1) is 17.2 Å². The van der Waals surface area contributed by atoms with Gasteiger partial charge in [-0.1, -0.05) is 0 Å². The summed E-state index contributed by atoms with van der Waals surface area (Å²) in [7, 11) is 2.03. The first kappa shape index (κ1) is 13.6. The number of hydrogen-bond acceptors (Lipinski definition) is 5. The Bertz CT molecular complexity index is 574. The van der Waals surface area contributed by atoms with Crippen LogP contribution in [-0.2, 0) is 17.8 Å². The highest BCUT2D eigenvalue weighted by atomic mass is 32.1. The number of thiophene rings is 1. The summed E-state index contributed by atoms with van der Waals surface area (Å²) in [6, 6.07) is 2.27. The molecule has 1 amide bonds. The second-order valence-corrected chi connectivity index (χ2v) is 6.59. The summed E-state index contributed by atoms with van der Waals surface area (Å²) < 4.78 is 0. The van der Waals surface area contributed by atoms with Crippen molar-refractivity contribution in [1.29, 1.82) is 5.26 Å². The van der Waals surface area contributed by atoms with Gasteiger partial charge in [-0.2, -0.15) is 5.26 Å². The quantitative estimate of drug-likeness (QED) is 0.857. The molecule has 0 saturated carbocycles. The first-order valence-electron chi connectivity index (χ1n) is 6.94. The largest absolute Gasteiger partial charge is 0.316 e. The first-order valence-corrected chi connectivity index (χ1v) is 7.75. The molecule has 0 aromatic carbocycles. The first-order chi connectivity index (χ1) is 9.69. The molecule has 20 heavy (non-hydrogen) atoms. The number of rotatable bonds is 2. The summed E-state index contributed by atoms with van der Waals surface area (Å²) in [5, 5.41) is 16.4. The monoisotopic (exact) mass is 290 g/mol. The summed E-state index contributed by atoms with van der Waals surface area (Å²) in [4.78, 5) is 15.6. The number of nitriles is 1. The Labute approximate surface area is 122 Å². The molecular weight excluding hydrogens is 272 g/mol. The third kappa shape index (κ3) is 2.44. The molecule has 1 saturated heterocycles.